The zero-order chi connectivity index (χ0) is 15.4. The molecule has 0 aromatic carbocycles. The number of nitro groups is 1. The molecule has 2 heterocycles. The number of halogens is 1. The number of carbonyl (C=O) groups is 1. The maximum absolute atomic E-state index is 12.6. The summed E-state index contributed by atoms with van der Waals surface area (Å²) in [5.41, 5.74) is -0.143. The fraction of sp³-hybridized carbons (Fsp3) is 0.538. The van der Waals surface area contributed by atoms with E-state index >= 15 is 0 Å². The Balaban J connectivity index is 2.28. The minimum atomic E-state index is -0.582. The van der Waals surface area contributed by atoms with Crippen molar-refractivity contribution in [2.45, 2.75) is 25.8 Å². The Morgan fingerprint density at radius 3 is 2.81 bits per heavy atom. The van der Waals surface area contributed by atoms with Crippen LogP contribution >= 0.6 is 11.6 Å². The first-order valence-corrected chi connectivity index (χ1v) is 7.24. The van der Waals surface area contributed by atoms with Gasteiger partial charge >= 0.3 is 0 Å². The molecule has 0 unspecified atom stereocenters. The van der Waals surface area contributed by atoms with Gasteiger partial charge in [-0.25, -0.2) is 4.98 Å². The summed E-state index contributed by atoms with van der Waals surface area (Å²) in [6.07, 6.45) is 2.78. The van der Waals surface area contributed by atoms with E-state index in [1.165, 1.54) is 6.07 Å². The minimum Gasteiger partial charge on any atom is -0.336 e. The molecule has 0 radical (unpaired) electrons. The van der Waals surface area contributed by atoms with Gasteiger partial charge in [-0.1, -0.05) is 11.6 Å². The van der Waals surface area contributed by atoms with E-state index in [1.807, 2.05) is 6.92 Å². The van der Waals surface area contributed by atoms with Gasteiger partial charge < -0.3 is 10.2 Å². The molecule has 7 nitrogen and oxygen atoms in total. The lowest BCUT2D eigenvalue weighted by Gasteiger charge is -2.34. The number of carbonyl (C=O) groups excluding carboxylic acids is 1. The van der Waals surface area contributed by atoms with Crippen LogP contribution in [0.3, 0.4) is 0 Å². The molecule has 21 heavy (non-hydrogen) atoms. The molecule has 0 saturated carbocycles. The smallest absolute Gasteiger partial charge is 0.288 e. The summed E-state index contributed by atoms with van der Waals surface area (Å²) in [4.78, 5) is 28.3. The highest BCUT2D eigenvalue weighted by Gasteiger charge is 2.27. The highest BCUT2D eigenvalue weighted by atomic mass is 35.5. The van der Waals surface area contributed by atoms with Crippen molar-refractivity contribution >= 4 is 23.2 Å². The number of nitrogens with one attached hydrogen (secondary N) is 1. The van der Waals surface area contributed by atoms with Gasteiger partial charge in [-0.05, 0) is 32.9 Å². The summed E-state index contributed by atoms with van der Waals surface area (Å²) in [5, 5.41) is 14.1. The molecule has 2 rings (SSSR count). The second kappa shape index (κ2) is 6.82. The van der Waals surface area contributed by atoms with Gasteiger partial charge in [0, 0.05) is 18.7 Å². The normalized spacial score (nSPS) is 15.7. The highest BCUT2D eigenvalue weighted by Crippen LogP contribution is 2.23. The van der Waals surface area contributed by atoms with Gasteiger partial charge in [-0.3, -0.25) is 14.9 Å². The molecular formula is C13H17ClN4O3. The summed E-state index contributed by atoms with van der Waals surface area (Å²) in [7, 11) is 0. The molecule has 1 aromatic heterocycles. The van der Waals surface area contributed by atoms with Gasteiger partial charge in [0.2, 0.25) is 0 Å². The quantitative estimate of drug-likeness (QED) is 0.521. The molecule has 8 heteroatoms. The molecule has 1 aliphatic rings. The third-order valence-corrected chi connectivity index (χ3v) is 3.92. The van der Waals surface area contributed by atoms with Crippen LogP contribution in [0.15, 0.2) is 12.3 Å². The minimum absolute atomic E-state index is 0.00187. The summed E-state index contributed by atoms with van der Waals surface area (Å²) in [6.45, 7) is 4.13. The standard InChI is InChI=1S/C13H17ClN4O3/c1-2-17(9-3-5-15-6-4-9)13(19)11-7-10(18(20)21)8-16-12(11)14/h7-9,15H,2-6H2,1H3. The zero-order valence-electron chi connectivity index (χ0n) is 11.7. The first-order valence-electron chi connectivity index (χ1n) is 6.86. The van der Waals surface area contributed by atoms with Crippen LogP contribution in [0, 0.1) is 10.1 Å². The van der Waals surface area contributed by atoms with E-state index in [-0.39, 0.29) is 28.4 Å². The number of piperidine rings is 1. The van der Waals surface area contributed by atoms with E-state index in [2.05, 4.69) is 10.3 Å². The fourth-order valence-electron chi connectivity index (χ4n) is 2.53. The molecule has 1 amide bonds. The van der Waals surface area contributed by atoms with Crippen LogP contribution in [0.25, 0.3) is 0 Å². The van der Waals surface area contributed by atoms with Gasteiger partial charge in [0.25, 0.3) is 11.6 Å². The molecule has 0 bridgehead atoms. The van der Waals surface area contributed by atoms with Crippen molar-refractivity contribution < 1.29 is 9.72 Å². The Bertz CT molecular complexity index is 546. The van der Waals surface area contributed by atoms with E-state index < -0.39 is 4.92 Å². The molecular weight excluding hydrogens is 296 g/mol. The predicted molar refractivity (Wildman–Crippen MR) is 78.5 cm³/mol. The second-order valence-corrected chi connectivity index (χ2v) is 5.22. The molecule has 114 valence electrons. The van der Waals surface area contributed by atoms with E-state index in [1.54, 1.807) is 4.90 Å². The zero-order valence-corrected chi connectivity index (χ0v) is 12.5. The van der Waals surface area contributed by atoms with Crippen molar-refractivity contribution in [2.24, 2.45) is 0 Å². The number of aromatic nitrogens is 1. The number of nitrogens with zero attached hydrogens (tertiary/aromatic N) is 3. The fourth-order valence-corrected chi connectivity index (χ4v) is 2.71. The average molecular weight is 313 g/mol. The van der Waals surface area contributed by atoms with E-state index in [4.69, 9.17) is 11.6 Å². The van der Waals surface area contributed by atoms with Crippen molar-refractivity contribution in [3.8, 4) is 0 Å². The van der Waals surface area contributed by atoms with Gasteiger partial charge in [0.1, 0.15) is 11.3 Å². The number of amides is 1. The molecule has 0 spiro atoms. The van der Waals surface area contributed by atoms with Crippen molar-refractivity contribution in [2.75, 3.05) is 19.6 Å². The number of pyridine rings is 1. The largest absolute Gasteiger partial charge is 0.336 e. The first kappa shape index (κ1) is 15.7. The third-order valence-electron chi connectivity index (χ3n) is 3.62. The molecule has 0 aliphatic carbocycles. The summed E-state index contributed by atoms with van der Waals surface area (Å²) >= 11 is 5.94. The third kappa shape index (κ3) is 3.48. The maximum atomic E-state index is 12.6. The van der Waals surface area contributed by atoms with Crippen molar-refractivity contribution in [1.82, 2.24) is 15.2 Å². The molecule has 1 saturated heterocycles. The van der Waals surface area contributed by atoms with Crippen LogP contribution < -0.4 is 5.32 Å². The van der Waals surface area contributed by atoms with E-state index in [9.17, 15) is 14.9 Å². The molecule has 1 N–H and O–H groups in total. The maximum Gasteiger partial charge on any atom is 0.288 e. The Labute approximate surface area is 127 Å². The number of hydrogen-bond acceptors (Lipinski definition) is 5. The second-order valence-electron chi connectivity index (χ2n) is 4.86. The Hall–Kier alpha value is -1.73. The monoisotopic (exact) mass is 312 g/mol. The lowest BCUT2D eigenvalue weighted by molar-refractivity contribution is -0.385. The average Bonchev–Trinajstić information content (AvgIpc) is 2.49. The van der Waals surface area contributed by atoms with Crippen LogP contribution in [0.4, 0.5) is 5.69 Å². The van der Waals surface area contributed by atoms with Crippen LogP contribution in [-0.2, 0) is 0 Å². The first-order chi connectivity index (χ1) is 10.0. The van der Waals surface area contributed by atoms with Gasteiger partial charge in [-0.15, -0.1) is 0 Å². The Morgan fingerprint density at radius 2 is 2.24 bits per heavy atom. The van der Waals surface area contributed by atoms with Crippen LogP contribution in [-0.4, -0.2) is 46.4 Å². The lowest BCUT2D eigenvalue weighted by atomic mass is 10.0. The van der Waals surface area contributed by atoms with Crippen molar-refractivity contribution in [1.29, 1.82) is 0 Å². The Kier molecular flexibility index (Phi) is 5.08. The summed E-state index contributed by atoms with van der Waals surface area (Å²) in [6, 6.07) is 1.32. The predicted octanol–water partition coefficient (Wildman–Crippen LogP) is 1.86. The molecule has 1 aromatic rings. The lowest BCUT2D eigenvalue weighted by Crippen LogP contribution is -2.46. The summed E-state index contributed by atoms with van der Waals surface area (Å²) < 4.78 is 0. The molecule has 1 fully saturated rings. The van der Waals surface area contributed by atoms with E-state index in [0.29, 0.717) is 6.54 Å². The van der Waals surface area contributed by atoms with Gasteiger partial charge in [0.05, 0.1) is 10.5 Å². The summed E-state index contributed by atoms with van der Waals surface area (Å²) in [5.74, 6) is -0.300. The number of rotatable bonds is 4. The van der Waals surface area contributed by atoms with Crippen molar-refractivity contribution in [3.63, 3.8) is 0 Å². The van der Waals surface area contributed by atoms with Gasteiger partial charge in [-0.2, -0.15) is 0 Å². The van der Waals surface area contributed by atoms with Crippen molar-refractivity contribution in [3.05, 3.63) is 33.1 Å². The highest BCUT2D eigenvalue weighted by molar-refractivity contribution is 6.32. The topological polar surface area (TPSA) is 88.4 Å². The SMILES string of the molecule is CCN(C(=O)c1cc([N+](=O)[O-])cnc1Cl)C1CCNCC1. The van der Waals surface area contributed by atoms with Crippen LogP contribution in [0.2, 0.25) is 5.15 Å². The number of hydrogen-bond donors (Lipinski definition) is 1. The Morgan fingerprint density at radius 1 is 1.57 bits per heavy atom. The van der Waals surface area contributed by atoms with Gasteiger partial charge in [0.15, 0.2) is 0 Å². The molecule has 1 aliphatic heterocycles. The van der Waals surface area contributed by atoms with Crippen LogP contribution in [0.5, 0.6) is 0 Å². The van der Waals surface area contributed by atoms with E-state index in [0.717, 1.165) is 32.1 Å². The molecule has 0 atom stereocenters. The van der Waals surface area contributed by atoms with Crippen LogP contribution in [0.1, 0.15) is 30.1 Å².